The van der Waals surface area contributed by atoms with Gasteiger partial charge in [0, 0.05) is 38.8 Å². The van der Waals surface area contributed by atoms with Gasteiger partial charge in [0.15, 0.2) is 5.82 Å². The third kappa shape index (κ3) is 6.16. The third-order valence-electron chi connectivity index (χ3n) is 11.3. The maximum atomic E-state index is 5.24. The highest BCUT2D eigenvalue weighted by Gasteiger charge is 2.23. The van der Waals surface area contributed by atoms with Gasteiger partial charge in [-0.15, -0.1) is 0 Å². The molecule has 262 valence electrons. The van der Waals surface area contributed by atoms with Crippen molar-refractivity contribution < 1.29 is 0 Å². The Morgan fingerprint density at radius 3 is 2.20 bits per heavy atom. The smallest absolute Gasteiger partial charge is 0.160 e. The summed E-state index contributed by atoms with van der Waals surface area (Å²) in [6.07, 6.45) is 16.8. The predicted octanol–water partition coefficient (Wildman–Crippen LogP) is 9.05. The van der Waals surface area contributed by atoms with E-state index in [4.69, 9.17) is 9.97 Å². The van der Waals surface area contributed by atoms with Crippen LogP contribution >= 0.6 is 0 Å². The lowest BCUT2D eigenvalue weighted by atomic mass is 9.82. The van der Waals surface area contributed by atoms with E-state index in [1.807, 2.05) is 6.07 Å². The summed E-state index contributed by atoms with van der Waals surface area (Å²) in [5, 5.41) is 6.12. The average Bonchev–Trinajstić information content (AvgIpc) is 3.55. The zero-order chi connectivity index (χ0) is 36.6. The summed E-state index contributed by atoms with van der Waals surface area (Å²) < 4.78 is 2.42. The Bertz CT molecular complexity index is 2840. The van der Waals surface area contributed by atoms with Gasteiger partial charge in [0.25, 0.3) is 0 Å². The molecule has 2 atom stereocenters. The SMILES string of the molecule is C=C(/C=C\Cc1nc(-c2ccccc2)nc2c1=CC(C1C=c3c(n(-c4ccccc4)c4ccccc34)=CC1)CC=2)c1cccc(-c2ccccc2C)c1C. The topological polar surface area (TPSA) is 30.7 Å². The second-order valence-corrected chi connectivity index (χ2v) is 14.6. The number of para-hydroxylation sites is 2. The fourth-order valence-electron chi connectivity index (χ4n) is 8.47. The van der Waals surface area contributed by atoms with Crippen molar-refractivity contribution in [3.8, 4) is 28.2 Å². The summed E-state index contributed by atoms with van der Waals surface area (Å²) >= 11 is 0. The highest BCUT2D eigenvalue weighted by Crippen LogP contribution is 2.32. The highest BCUT2D eigenvalue weighted by molar-refractivity contribution is 5.85. The van der Waals surface area contributed by atoms with E-state index in [0.717, 1.165) is 46.1 Å². The summed E-state index contributed by atoms with van der Waals surface area (Å²) in [4.78, 5) is 10.4. The lowest BCUT2D eigenvalue weighted by Crippen LogP contribution is -2.39. The first-order valence-electron chi connectivity index (χ1n) is 19.1. The van der Waals surface area contributed by atoms with Crippen LogP contribution in [0.1, 0.15) is 35.2 Å². The zero-order valence-corrected chi connectivity index (χ0v) is 30.9. The van der Waals surface area contributed by atoms with Crippen LogP contribution in [0.2, 0.25) is 0 Å². The van der Waals surface area contributed by atoms with Crippen molar-refractivity contribution in [3.05, 3.63) is 190 Å². The van der Waals surface area contributed by atoms with Gasteiger partial charge < -0.3 is 4.57 Å². The van der Waals surface area contributed by atoms with E-state index in [1.54, 1.807) is 0 Å². The fourth-order valence-corrected chi connectivity index (χ4v) is 8.47. The fraction of sp³-hybridized carbons (Fsp3) is 0.137. The van der Waals surface area contributed by atoms with Crippen molar-refractivity contribution in [1.29, 1.82) is 0 Å². The lowest BCUT2D eigenvalue weighted by molar-refractivity contribution is 0.542. The second-order valence-electron chi connectivity index (χ2n) is 14.6. The summed E-state index contributed by atoms with van der Waals surface area (Å²) in [6.45, 7) is 8.90. The van der Waals surface area contributed by atoms with Gasteiger partial charge >= 0.3 is 0 Å². The van der Waals surface area contributed by atoms with Crippen molar-refractivity contribution >= 4 is 40.8 Å². The Balaban J connectivity index is 1.07. The van der Waals surface area contributed by atoms with E-state index in [-0.39, 0.29) is 0 Å². The molecule has 2 aliphatic carbocycles. The second kappa shape index (κ2) is 14.2. The van der Waals surface area contributed by atoms with Crippen molar-refractivity contribution in [2.24, 2.45) is 11.8 Å². The van der Waals surface area contributed by atoms with Crippen LogP contribution in [0, 0.1) is 25.7 Å². The molecular formula is C51H43N3. The minimum absolute atomic E-state index is 0.344. The minimum Gasteiger partial charge on any atom is -0.310 e. The Kier molecular flexibility index (Phi) is 8.84. The quantitative estimate of drug-likeness (QED) is 0.149. The molecule has 3 nitrogen and oxygen atoms in total. The summed E-state index contributed by atoms with van der Waals surface area (Å²) in [5.41, 5.74) is 11.7. The van der Waals surface area contributed by atoms with Gasteiger partial charge in [0.2, 0.25) is 0 Å². The predicted molar refractivity (Wildman–Crippen MR) is 227 cm³/mol. The van der Waals surface area contributed by atoms with E-state index < -0.39 is 0 Å². The molecule has 3 heteroatoms. The minimum atomic E-state index is 0.344. The van der Waals surface area contributed by atoms with Crippen LogP contribution < -0.4 is 21.1 Å². The van der Waals surface area contributed by atoms with Gasteiger partial charge in [0.1, 0.15) is 0 Å². The first kappa shape index (κ1) is 33.5. The van der Waals surface area contributed by atoms with Crippen LogP contribution in [0.3, 0.4) is 0 Å². The number of benzene rings is 5. The van der Waals surface area contributed by atoms with E-state index in [2.05, 4.69) is 183 Å². The standard InChI is InChI=1S/C51H43N3/c1-34(41-24-15-25-43(36(41)3)42-22-11-10-16-35(42)2)17-14-26-47-46-33-38(28-30-48(46)53-51(52-47)37-18-6-4-7-19-37)39-29-31-50-45(32-39)44-23-12-13-27-49(44)54(50)40-20-8-5-9-21-40/h4-25,27,30-33,38-39H,1,26,28-29H2,2-3H3/b17-14-. The van der Waals surface area contributed by atoms with Crippen molar-refractivity contribution in [2.75, 3.05) is 0 Å². The Hall–Kier alpha value is -6.32. The lowest BCUT2D eigenvalue weighted by Gasteiger charge is -2.24. The largest absolute Gasteiger partial charge is 0.310 e. The van der Waals surface area contributed by atoms with Crippen LogP contribution in [0.5, 0.6) is 0 Å². The molecular weight excluding hydrogens is 655 g/mol. The maximum absolute atomic E-state index is 5.24. The molecule has 0 spiro atoms. The first-order chi connectivity index (χ1) is 26.5. The van der Waals surface area contributed by atoms with Gasteiger partial charge in [-0.25, -0.2) is 9.97 Å². The first-order valence-corrected chi connectivity index (χ1v) is 19.1. The monoisotopic (exact) mass is 697 g/mol. The maximum Gasteiger partial charge on any atom is 0.160 e. The molecule has 7 aromatic rings. The zero-order valence-electron chi connectivity index (χ0n) is 30.9. The summed E-state index contributed by atoms with van der Waals surface area (Å²) in [5.74, 6) is 1.49. The van der Waals surface area contributed by atoms with E-state index in [9.17, 15) is 0 Å². The molecule has 9 rings (SSSR count). The van der Waals surface area contributed by atoms with Crippen molar-refractivity contribution in [2.45, 2.75) is 33.1 Å². The molecule has 0 fully saturated rings. The number of rotatable bonds is 8. The molecule has 5 aromatic carbocycles. The number of fused-ring (bicyclic) bond motifs is 4. The molecule has 0 N–H and O–H groups in total. The summed E-state index contributed by atoms with van der Waals surface area (Å²) in [7, 11) is 0. The number of aromatic nitrogens is 3. The van der Waals surface area contributed by atoms with E-state index >= 15 is 0 Å². The van der Waals surface area contributed by atoms with Crippen LogP contribution in [0.25, 0.3) is 69.0 Å². The molecule has 0 saturated heterocycles. The molecule has 2 aromatic heterocycles. The number of hydrogen-bond donors (Lipinski definition) is 0. The number of allylic oxidation sites excluding steroid dienone is 3. The van der Waals surface area contributed by atoms with Crippen LogP contribution in [-0.4, -0.2) is 14.5 Å². The number of aryl methyl sites for hydroxylation is 1. The van der Waals surface area contributed by atoms with Crippen LogP contribution in [0.4, 0.5) is 0 Å². The van der Waals surface area contributed by atoms with Crippen LogP contribution in [-0.2, 0) is 6.42 Å². The molecule has 0 radical (unpaired) electrons. The van der Waals surface area contributed by atoms with Gasteiger partial charge in [-0.05, 0) is 90.1 Å². The van der Waals surface area contributed by atoms with Crippen LogP contribution in [0.15, 0.2) is 146 Å². The molecule has 0 aliphatic heterocycles. The molecule has 0 amide bonds. The van der Waals surface area contributed by atoms with Gasteiger partial charge in [-0.3, -0.25) is 0 Å². The molecule has 0 saturated carbocycles. The molecule has 2 unspecified atom stereocenters. The highest BCUT2D eigenvalue weighted by atomic mass is 15.0. The van der Waals surface area contributed by atoms with E-state index in [0.29, 0.717) is 18.3 Å². The molecule has 0 bridgehead atoms. The van der Waals surface area contributed by atoms with E-state index in [1.165, 1.54) is 55.0 Å². The summed E-state index contributed by atoms with van der Waals surface area (Å²) in [6, 6.07) is 45.0. The third-order valence-corrected chi connectivity index (χ3v) is 11.3. The number of hydrogen-bond acceptors (Lipinski definition) is 2. The van der Waals surface area contributed by atoms with Gasteiger partial charge in [-0.1, -0.05) is 152 Å². The normalized spacial score (nSPS) is 16.1. The van der Waals surface area contributed by atoms with Crippen molar-refractivity contribution in [1.82, 2.24) is 14.5 Å². The molecule has 2 aliphatic rings. The molecule has 2 heterocycles. The average molecular weight is 698 g/mol. The Morgan fingerprint density at radius 1 is 0.704 bits per heavy atom. The number of nitrogens with zero attached hydrogens (tertiary/aromatic N) is 3. The Morgan fingerprint density at radius 2 is 1.39 bits per heavy atom. The Labute approximate surface area is 317 Å². The van der Waals surface area contributed by atoms with Gasteiger partial charge in [0.05, 0.1) is 16.6 Å². The molecule has 54 heavy (non-hydrogen) atoms. The van der Waals surface area contributed by atoms with Crippen molar-refractivity contribution in [3.63, 3.8) is 0 Å². The van der Waals surface area contributed by atoms with Gasteiger partial charge in [-0.2, -0.15) is 0 Å².